The third kappa shape index (κ3) is 2.67. The van der Waals surface area contributed by atoms with Crippen molar-refractivity contribution in [3.8, 4) is 5.75 Å². The van der Waals surface area contributed by atoms with Crippen LogP contribution in [-0.2, 0) is 4.79 Å². The van der Waals surface area contributed by atoms with Gasteiger partial charge in [0.05, 0.1) is 11.6 Å². The van der Waals surface area contributed by atoms with E-state index in [0.29, 0.717) is 5.57 Å². The summed E-state index contributed by atoms with van der Waals surface area (Å²) in [7, 11) is 0. The second-order valence-electron chi connectivity index (χ2n) is 5.88. The number of hydrogen-bond donors (Lipinski definition) is 1. The Morgan fingerprint density at radius 2 is 1.92 bits per heavy atom. The Hall–Kier alpha value is -3.01. The Bertz CT molecular complexity index is 906. The molecule has 3 aromatic rings. The molecule has 1 N–H and O–H groups in total. The molecule has 0 fully saturated rings. The lowest BCUT2D eigenvalue weighted by Crippen LogP contribution is -2.30. The number of hydrogen-bond acceptors (Lipinski definition) is 3. The van der Waals surface area contributed by atoms with E-state index in [1.165, 1.54) is 0 Å². The van der Waals surface area contributed by atoms with Crippen LogP contribution in [0.5, 0.6) is 5.75 Å². The lowest BCUT2D eigenvalue weighted by molar-refractivity contribution is -0.118. The van der Waals surface area contributed by atoms with Gasteiger partial charge in [-0.3, -0.25) is 4.79 Å². The van der Waals surface area contributed by atoms with Gasteiger partial charge in [0.15, 0.2) is 0 Å². The molecule has 1 aliphatic heterocycles. The zero-order valence-electron chi connectivity index (χ0n) is 13.3. The van der Waals surface area contributed by atoms with E-state index in [9.17, 15) is 4.79 Å². The molecule has 1 amide bonds. The number of nitrogens with one attached hydrogen (secondary N) is 1. The molecule has 1 unspecified atom stereocenters. The monoisotopic (exact) mass is 319 g/mol. The molecule has 0 saturated carbocycles. The Labute approximate surface area is 139 Å². The predicted octanol–water partition coefficient (Wildman–Crippen LogP) is 4.09. The van der Waals surface area contributed by atoms with Crippen LogP contribution in [0.1, 0.15) is 24.3 Å². The second kappa shape index (κ2) is 5.89. The number of fused-ring (bicyclic) bond motifs is 2. The summed E-state index contributed by atoms with van der Waals surface area (Å²) in [5, 5.41) is 4.01. The van der Waals surface area contributed by atoms with E-state index in [0.717, 1.165) is 28.0 Å². The van der Waals surface area contributed by atoms with E-state index in [1.54, 1.807) is 0 Å². The number of amides is 1. The van der Waals surface area contributed by atoms with E-state index in [-0.39, 0.29) is 18.6 Å². The van der Waals surface area contributed by atoms with Gasteiger partial charge in [-0.2, -0.15) is 0 Å². The number of furan rings is 1. The summed E-state index contributed by atoms with van der Waals surface area (Å²) in [5.41, 5.74) is 2.35. The Morgan fingerprint density at radius 1 is 1.12 bits per heavy atom. The molecule has 0 saturated heterocycles. The summed E-state index contributed by atoms with van der Waals surface area (Å²) in [6.45, 7) is 2.18. The maximum absolute atomic E-state index is 12.5. The van der Waals surface area contributed by atoms with Crippen LogP contribution >= 0.6 is 0 Å². The van der Waals surface area contributed by atoms with E-state index in [4.69, 9.17) is 9.15 Å². The summed E-state index contributed by atoms with van der Waals surface area (Å²) in [6.07, 6.45) is 1.87. The molecular weight excluding hydrogens is 302 g/mol. The first-order valence-corrected chi connectivity index (χ1v) is 7.92. The van der Waals surface area contributed by atoms with Crippen molar-refractivity contribution in [1.29, 1.82) is 0 Å². The molecule has 0 radical (unpaired) electrons. The molecule has 4 rings (SSSR count). The zero-order chi connectivity index (χ0) is 16.5. The Morgan fingerprint density at radius 3 is 2.79 bits per heavy atom. The first-order valence-electron chi connectivity index (χ1n) is 7.92. The van der Waals surface area contributed by atoms with Crippen LogP contribution in [0.15, 0.2) is 64.6 Å². The fourth-order valence-electron chi connectivity index (χ4n) is 2.82. The van der Waals surface area contributed by atoms with Crippen LogP contribution in [0.4, 0.5) is 0 Å². The average Bonchev–Trinajstić information content (AvgIpc) is 3.05. The van der Waals surface area contributed by atoms with Crippen LogP contribution in [0.25, 0.3) is 17.0 Å². The molecule has 120 valence electrons. The van der Waals surface area contributed by atoms with Gasteiger partial charge in [-0.15, -0.1) is 0 Å². The van der Waals surface area contributed by atoms with Crippen LogP contribution in [-0.4, -0.2) is 12.5 Å². The number of rotatable bonds is 3. The highest BCUT2D eigenvalue weighted by molar-refractivity contribution is 5.99. The minimum atomic E-state index is -0.219. The molecular formula is C20H17NO3. The van der Waals surface area contributed by atoms with Crippen molar-refractivity contribution in [2.45, 2.75) is 13.0 Å². The Balaban J connectivity index is 1.52. The Kier molecular flexibility index (Phi) is 3.58. The van der Waals surface area contributed by atoms with Gasteiger partial charge in [0.2, 0.25) is 0 Å². The maximum Gasteiger partial charge on any atom is 0.251 e. The summed E-state index contributed by atoms with van der Waals surface area (Å²) in [4.78, 5) is 12.5. The molecule has 4 heteroatoms. The fourth-order valence-corrected chi connectivity index (χ4v) is 2.82. The molecule has 1 atom stereocenters. The molecule has 2 heterocycles. The number of benzene rings is 2. The third-order valence-corrected chi connectivity index (χ3v) is 4.14. The molecule has 1 aliphatic rings. The van der Waals surface area contributed by atoms with Crippen LogP contribution < -0.4 is 10.1 Å². The highest BCUT2D eigenvalue weighted by Crippen LogP contribution is 2.27. The highest BCUT2D eigenvalue weighted by atomic mass is 16.5. The van der Waals surface area contributed by atoms with Crippen molar-refractivity contribution >= 4 is 23.0 Å². The quantitative estimate of drug-likeness (QED) is 0.791. The first kappa shape index (κ1) is 14.6. The molecule has 0 aliphatic carbocycles. The number of para-hydroxylation sites is 2. The number of ether oxygens (including phenoxy) is 1. The molecule has 2 aromatic carbocycles. The molecule has 4 nitrogen and oxygen atoms in total. The smallest absolute Gasteiger partial charge is 0.251 e. The third-order valence-electron chi connectivity index (χ3n) is 4.14. The summed E-state index contributed by atoms with van der Waals surface area (Å²) in [6, 6.07) is 17.2. The van der Waals surface area contributed by atoms with Gasteiger partial charge < -0.3 is 14.5 Å². The van der Waals surface area contributed by atoms with Crippen molar-refractivity contribution in [2.75, 3.05) is 6.61 Å². The lowest BCUT2D eigenvalue weighted by atomic mass is 10.1. The minimum absolute atomic E-state index is 0.141. The van der Waals surface area contributed by atoms with Gasteiger partial charge in [-0.25, -0.2) is 0 Å². The van der Waals surface area contributed by atoms with Gasteiger partial charge in [0.1, 0.15) is 23.7 Å². The minimum Gasteiger partial charge on any atom is -0.488 e. The van der Waals surface area contributed by atoms with Crippen LogP contribution in [0.2, 0.25) is 0 Å². The van der Waals surface area contributed by atoms with Crippen molar-refractivity contribution in [1.82, 2.24) is 5.32 Å². The number of carbonyl (C=O) groups is 1. The summed E-state index contributed by atoms with van der Waals surface area (Å²) < 4.78 is 11.4. The summed E-state index contributed by atoms with van der Waals surface area (Å²) >= 11 is 0. The van der Waals surface area contributed by atoms with Gasteiger partial charge in [0, 0.05) is 10.9 Å². The predicted molar refractivity (Wildman–Crippen MR) is 92.7 cm³/mol. The van der Waals surface area contributed by atoms with E-state index < -0.39 is 0 Å². The van der Waals surface area contributed by atoms with Gasteiger partial charge >= 0.3 is 0 Å². The molecule has 24 heavy (non-hydrogen) atoms. The van der Waals surface area contributed by atoms with Crippen molar-refractivity contribution in [2.24, 2.45) is 0 Å². The first-order chi connectivity index (χ1) is 11.7. The number of carbonyl (C=O) groups excluding carboxylic acids is 1. The van der Waals surface area contributed by atoms with Crippen LogP contribution in [0, 0.1) is 0 Å². The zero-order valence-corrected chi connectivity index (χ0v) is 13.3. The van der Waals surface area contributed by atoms with Crippen molar-refractivity contribution in [3.05, 3.63) is 71.5 Å². The molecule has 0 spiro atoms. The standard InChI is InChI=1S/C20H17NO3/c1-13(19-11-15-7-3-5-9-18(15)24-19)21-20(22)16-10-14-6-2-4-8-17(14)23-12-16/h2-11,13H,12H2,1H3,(H,21,22). The second-order valence-corrected chi connectivity index (χ2v) is 5.88. The fraction of sp³-hybridized carbons (Fsp3) is 0.150. The lowest BCUT2D eigenvalue weighted by Gasteiger charge is -2.19. The van der Waals surface area contributed by atoms with Gasteiger partial charge in [-0.1, -0.05) is 36.4 Å². The average molecular weight is 319 g/mol. The van der Waals surface area contributed by atoms with Gasteiger partial charge in [0.25, 0.3) is 5.91 Å². The normalized spacial score (nSPS) is 14.5. The van der Waals surface area contributed by atoms with E-state index >= 15 is 0 Å². The molecule has 1 aromatic heterocycles. The summed E-state index contributed by atoms with van der Waals surface area (Å²) in [5.74, 6) is 1.40. The molecule has 0 bridgehead atoms. The topological polar surface area (TPSA) is 51.5 Å². The van der Waals surface area contributed by atoms with Crippen LogP contribution in [0.3, 0.4) is 0 Å². The highest BCUT2D eigenvalue weighted by Gasteiger charge is 2.20. The van der Waals surface area contributed by atoms with E-state index in [2.05, 4.69) is 5.32 Å². The van der Waals surface area contributed by atoms with Crippen molar-refractivity contribution < 1.29 is 13.9 Å². The van der Waals surface area contributed by atoms with E-state index in [1.807, 2.05) is 67.6 Å². The van der Waals surface area contributed by atoms with Gasteiger partial charge in [-0.05, 0) is 31.2 Å². The van der Waals surface area contributed by atoms with Crippen molar-refractivity contribution in [3.63, 3.8) is 0 Å². The maximum atomic E-state index is 12.5. The SMILES string of the molecule is CC(NC(=O)C1=Cc2ccccc2OC1)c1cc2ccccc2o1. The largest absolute Gasteiger partial charge is 0.488 e.